The van der Waals surface area contributed by atoms with E-state index in [0.717, 1.165) is 12.1 Å². The van der Waals surface area contributed by atoms with Crippen molar-refractivity contribution in [1.29, 1.82) is 0 Å². The summed E-state index contributed by atoms with van der Waals surface area (Å²) in [6.07, 6.45) is 4.73. The number of thioether (sulfide) groups is 1. The van der Waals surface area contributed by atoms with Crippen molar-refractivity contribution >= 4 is 40.9 Å². The van der Waals surface area contributed by atoms with Gasteiger partial charge in [-0.3, -0.25) is 14.4 Å². The van der Waals surface area contributed by atoms with Crippen molar-refractivity contribution in [2.24, 2.45) is 11.8 Å². The Labute approximate surface area is 239 Å². The quantitative estimate of drug-likeness (QED) is 0.423. The van der Waals surface area contributed by atoms with Crippen LogP contribution >= 0.6 is 11.8 Å². The van der Waals surface area contributed by atoms with Crippen molar-refractivity contribution < 1.29 is 24.2 Å². The van der Waals surface area contributed by atoms with Gasteiger partial charge in [-0.15, -0.1) is 24.9 Å². The second-order valence-corrected chi connectivity index (χ2v) is 11.9. The standard InChI is InChI=1S/C31H35N3O5S/c1-4-17-32(21-9-7-6-8-10-21)28(36)25-24-15-16-31(40-24)26(25)29(37)34(19-20-35)27(31)30(38)33(18-5-2)22-11-13-23(39-3)14-12-22/h4-14,24-27,35H,1-2,15-20H2,3H3/t24-,25+,26+,27?,31?/m1/s1. The normalized spacial score (nSPS) is 26.4. The predicted octanol–water partition coefficient (Wildman–Crippen LogP) is 3.52. The van der Waals surface area contributed by atoms with Crippen molar-refractivity contribution in [3.63, 3.8) is 0 Å². The molecule has 3 heterocycles. The molecular formula is C31H35N3O5S. The predicted molar refractivity (Wildman–Crippen MR) is 157 cm³/mol. The number of hydrogen-bond acceptors (Lipinski definition) is 6. The van der Waals surface area contributed by atoms with Gasteiger partial charge in [0.1, 0.15) is 11.8 Å². The van der Waals surface area contributed by atoms with Gasteiger partial charge >= 0.3 is 0 Å². The summed E-state index contributed by atoms with van der Waals surface area (Å²) in [5.74, 6) is -1.15. The third-order valence-electron chi connectivity index (χ3n) is 8.27. The number of fused-ring (bicyclic) bond motifs is 1. The monoisotopic (exact) mass is 561 g/mol. The van der Waals surface area contributed by atoms with E-state index in [1.807, 2.05) is 30.3 Å². The number of carbonyl (C=O) groups excluding carboxylic acids is 3. The van der Waals surface area contributed by atoms with Crippen molar-refractivity contribution in [3.05, 3.63) is 79.9 Å². The van der Waals surface area contributed by atoms with Crippen LogP contribution in [0.5, 0.6) is 5.75 Å². The van der Waals surface area contributed by atoms with E-state index in [1.54, 1.807) is 65.1 Å². The Morgan fingerprint density at radius 1 is 1.05 bits per heavy atom. The first-order chi connectivity index (χ1) is 19.4. The van der Waals surface area contributed by atoms with Crippen LogP contribution in [-0.2, 0) is 14.4 Å². The maximum Gasteiger partial charge on any atom is 0.251 e. The van der Waals surface area contributed by atoms with E-state index >= 15 is 0 Å². The van der Waals surface area contributed by atoms with E-state index in [-0.39, 0.29) is 42.7 Å². The number of aliphatic hydroxyl groups excluding tert-OH is 1. The molecule has 1 spiro atoms. The molecular weight excluding hydrogens is 526 g/mol. The molecule has 1 N–H and O–H groups in total. The number of hydrogen-bond donors (Lipinski definition) is 1. The number of rotatable bonds is 11. The van der Waals surface area contributed by atoms with Gasteiger partial charge in [0.05, 0.1) is 30.3 Å². The molecule has 8 nitrogen and oxygen atoms in total. The molecule has 9 heteroatoms. The molecule has 3 fully saturated rings. The number of nitrogens with zero attached hydrogens (tertiary/aromatic N) is 3. The number of β-amino-alcohol motifs (C(OH)–C–C–N with tert-alkyl or cyclic N) is 1. The molecule has 3 aliphatic heterocycles. The Bertz CT molecular complexity index is 1290. The Morgan fingerprint density at radius 2 is 1.68 bits per heavy atom. The van der Waals surface area contributed by atoms with E-state index in [4.69, 9.17) is 4.74 Å². The first-order valence-electron chi connectivity index (χ1n) is 13.5. The second kappa shape index (κ2) is 11.5. The van der Waals surface area contributed by atoms with Crippen molar-refractivity contribution in [1.82, 2.24) is 4.90 Å². The van der Waals surface area contributed by atoms with Crippen LogP contribution in [0.25, 0.3) is 0 Å². The van der Waals surface area contributed by atoms with Crippen LogP contribution < -0.4 is 14.5 Å². The van der Waals surface area contributed by atoms with Gasteiger partial charge in [-0.1, -0.05) is 30.4 Å². The van der Waals surface area contributed by atoms with E-state index in [1.165, 1.54) is 4.90 Å². The van der Waals surface area contributed by atoms with Crippen molar-refractivity contribution in [2.45, 2.75) is 28.9 Å². The minimum atomic E-state index is -0.809. The molecule has 40 heavy (non-hydrogen) atoms. The molecule has 2 aromatic rings. The molecule has 3 saturated heterocycles. The van der Waals surface area contributed by atoms with Crippen molar-refractivity contribution in [2.75, 3.05) is 43.2 Å². The zero-order valence-electron chi connectivity index (χ0n) is 22.6. The highest BCUT2D eigenvalue weighted by atomic mass is 32.2. The molecule has 0 radical (unpaired) electrons. The van der Waals surface area contributed by atoms with Gasteiger partial charge < -0.3 is 24.5 Å². The van der Waals surface area contributed by atoms with Crippen LogP contribution in [0.2, 0.25) is 0 Å². The summed E-state index contributed by atoms with van der Waals surface area (Å²) in [7, 11) is 1.58. The second-order valence-electron chi connectivity index (χ2n) is 10.3. The summed E-state index contributed by atoms with van der Waals surface area (Å²) in [5.41, 5.74) is 1.41. The van der Waals surface area contributed by atoms with E-state index in [9.17, 15) is 19.5 Å². The first kappa shape index (κ1) is 28.0. The Balaban J connectivity index is 1.53. The van der Waals surface area contributed by atoms with Crippen molar-refractivity contribution in [3.8, 4) is 5.75 Å². The van der Waals surface area contributed by atoms with Gasteiger partial charge in [0, 0.05) is 36.3 Å². The van der Waals surface area contributed by atoms with E-state index in [0.29, 0.717) is 24.4 Å². The maximum absolute atomic E-state index is 14.4. The Morgan fingerprint density at radius 3 is 2.27 bits per heavy atom. The van der Waals surface area contributed by atoms with E-state index in [2.05, 4.69) is 13.2 Å². The number of para-hydroxylation sites is 1. The van der Waals surface area contributed by atoms with Crippen LogP contribution in [0.3, 0.4) is 0 Å². The fraction of sp³-hybridized carbons (Fsp3) is 0.387. The molecule has 0 aromatic heterocycles. The first-order valence-corrected chi connectivity index (χ1v) is 14.4. The smallest absolute Gasteiger partial charge is 0.251 e. The molecule has 0 saturated carbocycles. The lowest BCUT2D eigenvalue weighted by Gasteiger charge is -2.37. The van der Waals surface area contributed by atoms with Crippen LogP contribution in [-0.4, -0.2) is 77.1 Å². The number of likely N-dealkylation sites (tertiary alicyclic amines) is 1. The topological polar surface area (TPSA) is 90.4 Å². The number of benzene rings is 2. The summed E-state index contributed by atoms with van der Waals surface area (Å²) in [5, 5.41) is 9.86. The SMILES string of the molecule is C=CCN(C(=O)C1N(CCO)C(=O)[C@@H]2[C@@H](C(=O)N(CC=C)c3ccccc3)[C@H]3CCC12S3)c1ccc(OC)cc1. The molecule has 210 valence electrons. The van der Waals surface area contributed by atoms with Gasteiger partial charge in [0.25, 0.3) is 5.91 Å². The zero-order valence-corrected chi connectivity index (χ0v) is 23.5. The highest BCUT2D eigenvalue weighted by Crippen LogP contribution is 2.66. The fourth-order valence-electron chi connectivity index (χ4n) is 6.66. The van der Waals surface area contributed by atoms with Crippen LogP contribution in [0.1, 0.15) is 12.8 Å². The molecule has 2 aromatic carbocycles. The fourth-order valence-corrected chi connectivity index (χ4v) is 8.87. The maximum atomic E-state index is 14.4. The third kappa shape index (κ3) is 4.51. The van der Waals surface area contributed by atoms with E-state index < -0.39 is 22.6 Å². The summed E-state index contributed by atoms with van der Waals surface area (Å²) in [4.78, 5) is 47.6. The third-order valence-corrected chi connectivity index (χ3v) is 10.2. The molecule has 5 atom stereocenters. The Kier molecular flexibility index (Phi) is 8.05. The molecule has 3 amide bonds. The number of aliphatic hydroxyl groups is 1. The molecule has 2 unspecified atom stereocenters. The molecule has 3 aliphatic rings. The summed E-state index contributed by atoms with van der Waals surface area (Å²) in [6.45, 7) is 8.01. The lowest BCUT2D eigenvalue weighted by Crippen LogP contribution is -2.55. The number of carbonyl (C=O) groups is 3. The minimum Gasteiger partial charge on any atom is -0.497 e. The average molecular weight is 562 g/mol. The number of amides is 3. The molecule has 2 bridgehead atoms. The Hall–Kier alpha value is -3.56. The minimum absolute atomic E-state index is 0.0270. The summed E-state index contributed by atoms with van der Waals surface area (Å²) >= 11 is 1.61. The van der Waals surface area contributed by atoms with Crippen LogP contribution in [0.4, 0.5) is 11.4 Å². The largest absolute Gasteiger partial charge is 0.497 e. The average Bonchev–Trinajstić information content (AvgIpc) is 3.62. The lowest BCUT2D eigenvalue weighted by atomic mass is 9.70. The number of methoxy groups -OCH3 is 1. The summed E-state index contributed by atoms with van der Waals surface area (Å²) < 4.78 is 4.53. The number of anilines is 2. The zero-order chi connectivity index (χ0) is 28.4. The lowest BCUT2D eigenvalue weighted by molar-refractivity contribution is -0.139. The van der Waals surface area contributed by atoms with Gasteiger partial charge in [-0.05, 0) is 49.2 Å². The van der Waals surface area contributed by atoms with Gasteiger partial charge in [-0.25, -0.2) is 0 Å². The molecule has 5 rings (SSSR count). The van der Waals surface area contributed by atoms with Crippen LogP contribution in [0.15, 0.2) is 79.9 Å². The number of ether oxygens (including phenoxy) is 1. The summed E-state index contributed by atoms with van der Waals surface area (Å²) in [6, 6.07) is 15.8. The molecule has 0 aliphatic carbocycles. The highest BCUT2D eigenvalue weighted by molar-refractivity contribution is 8.02. The van der Waals surface area contributed by atoms with Gasteiger partial charge in [0.15, 0.2) is 0 Å². The van der Waals surface area contributed by atoms with Crippen LogP contribution in [0, 0.1) is 11.8 Å². The van der Waals surface area contributed by atoms with Gasteiger partial charge in [-0.2, -0.15) is 0 Å². The van der Waals surface area contributed by atoms with Gasteiger partial charge in [0.2, 0.25) is 11.8 Å². The highest BCUT2D eigenvalue weighted by Gasteiger charge is 2.74.